The molecule has 2 rings (SSSR count). The van der Waals surface area contributed by atoms with Gasteiger partial charge >= 0.3 is 11.4 Å². The minimum Gasteiger partial charge on any atom is -0.258 e. The second-order valence-electron chi connectivity index (χ2n) is 4.74. The third-order valence-corrected chi connectivity index (χ3v) is 3.70. The number of aryl methyl sites for hydroxylation is 1. The van der Waals surface area contributed by atoms with Crippen molar-refractivity contribution in [1.29, 1.82) is 0 Å². The summed E-state index contributed by atoms with van der Waals surface area (Å²) in [4.78, 5) is 34.5. The largest absolute Gasteiger partial charge is 0.308 e. The molecule has 0 amide bonds. The quantitative estimate of drug-likeness (QED) is 0.526. The Morgan fingerprint density at radius 3 is 2.20 bits per heavy atom. The maximum absolute atomic E-state index is 11.2. The number of non-ortho nitro benzene ring substituents is 1. The molecule has 0 aliphatic rings. The van der Waals surface area contributed by atoms with Crippen molar-refractivity contribution in [2.75, 3.05) is 0 Å². The van der Waals surface area contributed by atoms with E-state index in [4.69, 9.17) is 0 Å². The molecule has 2 aromatic rings. The normalized spacial score (nSPS) is 11.5. The number of hydrogen-bond acceptors (Lipinski definition) is 10. The van der Waals surface area contributed by atoms with Gasteiger partial charge in [-0.25, -0.2) is 9.67 Å². The van der Waals surface area contributed by atoms with Crippen LogP contribution in [0.2, 0.25) is 0 Å². The van der Waals surface area contributed by atoms with E-state index in [2.05, 4.69) is 14.7 Å². The highest BCUT2D eigenvalue weighted by molar-refractivity contribution is 7.02. The zero-order valence-corrected chi connectivity index (χ0v) is 13.6. The third-order valence-electron chi connectivity index (χ3n) is 3.08. The molecule has 0 aliphatic heterocycles. The monoisotopic (exact) mass is 369 g/mol. The van der Waals surface area contributed by atoms with Crippen molar-refractivity contribution in [2.45, 2.75) is 26.3 Å². The maximum Gasteiger partial charge on any atom is 0.308 e. The summed E-state index contributed by atoms with van der Waals surface area (Å²) < 4.78 is 5.04. The SMILES string of the molecule is CCCCn1nnsc1=Nc1c([N+](=O)[O-])cc([N+](=O)[O-])cc1[N+](=O)[O-]. The number of nitrogens with zero attached hydrogens (tertiary/aromatic N) is 7. The molecule has 0 atom stereocenters. The molecule has 132 valence electrons. The zero-order chi connectivity index (χ0) is 18.6. The van der Waals surface area contributed by atoms with Gasteiger partial charge in [-0.15, -0.1) is 0 Å². The molecule has 0 fully saturated rings. The van der Waals surface area contributed by atoms with Gasteiger partial charge in [0.1, 0.15) is 0 Å². The number of hydrogen-bond donors (Lipinski definition) is 0. The van der Waals surface area contributed by atoms with Crippen LogP contribution in [0.4, 0.5) is 22.7 Å². The Morgan fingerprint density at radius 2 is 1.72 bits per heavy atom. The van der Waals surface area contributed by atoms with Crippen molar-refractivity contribution in [1.82, 2.24) is 14.4 Å². The number of benzene rings is 1. The van der Waals surface area contributed by atoms with Gasteiger partial charge < -0.3 is 0 Å². The highest BCUT2D eigenvalue weighted by Gasteiger charge is 2.30. The zero-order valence-electron chi connectivity index (χ0n) is 12.8. The van der Waals surface area contributed by atoms with Crippen molar-refractivity contribution in [3.63, 3.8) is 0 Å². The molecule has 1 aromatic heterocycles. The van der Waals surface area contributed by atoms with Crippen LogP contribution >= 0.6 is 11.5 Å². The summed E-state index contributed by atoms with van der Waals surface area (Å²) >= 11 is 0.802. The van der Waals surface area contributed by atoms with Crippen LogP contribution in [0.1, 0.15) is 19.8 Å². The average molecular weight is 369 g/mol. The molecule has 25 heavy (non-hydrogen) atoms. The fourth-order valence-corrected chi connectivity index (χ4v) is 2.45. The van der Waals surface area contributed by atoms with Gasteiger partial charge in [-0.2, -0.15) is 0 Å². The van der Waals surface area contributed by atoms with E-state index < -0.39 is 37.5 Å². The highest BCUT2D eigenvalue weighted by atomic mass is 32.1. The van der Waals surface area contributed by atoms with Gasteiger partial charge in [0.05, 0.1) is 26.9 Å². The number of aromatic nitrogens is 3. The van der Waals surface area contributed by atoms with E-state index in [1.165, 1.54) is 4.68 Å². The minimum absolute atomic E-state index is 0.119. The predicted molar refractivity (Wildman–Crippen MR) is 84.4 cm³/mol. The van der Waals surface area contributed by atoms with Crippen LogP contribution in [0, 0.1) is 30.3 Å². The van der Waals surface area contributed by atoms with Crippen LogP contribution in [-0.4, -0.2) is 29.2 Å². The Morgan fingerprint density at radius 1 is 1.12 bits per heavy atom. The second kappa shape index (κ2) is 7.52. The minimum atomic E-state index is -0.955. The fourth-order valence-electron chi connectivity index (χ4n) is 1.89. The van der Waals surface area contributed by atoms with Gasteiger partial charge in [-0.05, 0) is 6.42 Å². The van der Waals surface area contributed by atoms with Gasteiger partial charge in [-0.1, -0.05) is 23.0 Å². The first-order valence-corrected chi connectivity index (χ1v) is 7.68. The second-order valence-corrected chi connectivity index (χ2v) is 5.45. The van der Waals surface area contributed by atoms with E-state index in [0.29, 0.717) is 18.7 Å². The van der Waals surface area contributed by atoms with Crippen LogP contribution in [0.5, 0.6) is 0 Å². The summed E-state index contributed by atoms with van der Waals surface area (Å²) in [6, 6.07) is 1.27. The van der Waals surface area contributed by atoms with E-state index in [-0.39, 0.29) is 4.80 Å². The molecular formula is C11H11N7O6S. The van der Waals surface area contributed by atoms with Crippen LogP contribution in [0.25, 0.3) is 0 Å². The lowest BCUT2D eigenvalue weighted by Gasteiger charge is -2.01. The van der Waals surface area contributed by atoms with Gasteiger partial charge in [0.25, 0.3) is 5.69 Å². The van der Waals surface area contributed by atoms with E-state index >= 15 is 0 Å². The molecule has 0 aliphatic carbocycles. The van der Waals surface area contributed by atoms with Gasteiger partial charge in [0.15, 0.2) is 0 Å². The Hall–Kier alpha value is -3.29. The maximum atomic E-state index is 11.2. The average Bonchev–Trinajstić information content (AvgIpc) is 2.99. The lowest BCUT2D eigenvalue weighted by molar-refractivity contribution is -0.402. The molecule has 14 heteroatoms. The first-order chi connectivity index (χ1) is 11.8. The fraction of sp³-hybridized carbons (Fsp3) is 0.364. The van der Waals surface area contributed by atoms with Crippen molar-refractivity contribution < 1.29 is 14.8 Å². The molecule has 0 saturated heterocycles. The molecule has 0 saturated carbocycles. The lowest BCUT2D eigenvalue weighted by Crippen LogP contribution is -2.16. The molecular weight excluding hydrogens is 358 g/mol. The summed E-state index contributed by atoms with van der Waals surface area (Å²) in [6.45, 7) is 2.38. The number of nitro benzene ring substituents is 3. The highest BCUT2D eigenvalue weighted by Crippen LogP contribution is 2.40. The number of rotatable bonds is 7. The van der Waals surface area contributed by atoms with Crippen LogP contribution in [0.15, 0.2) is 17.1 Å². The predicted octanol–water partition coefficient (Wildman–Crippen LogP) is 2.10. The number of nitro groups is 3. The molecule has 0 N–H and O–H groups in total. The number of unbranched alkanes of at least 4 members (excludes halogenated alkanes) is 1. The topological polar surface area (TPSA) is 172 Å². The standard InChI is InChI=1S/C11H11N7O6S/c1-2-3-4-15-11(25-14-13-15)12-10-8(17(21)22)5-7(16(19)20)6-9(10)18(23)24/h5-6H,2-4H2,1H3. The van der Waals surface area contributed by atoms with E-state index in [9.17, 15) is 30.3 Å². The summed E-state index contributed by atoms with van der Waals surface area (Å²) in [6.07, 6.45) is 1.59. The Labute approximate surface area is 142 Å². The van der Waals surface area contributed by atoms with Gasteiger partial charge in [-0.3, -0.25) is 30.3 Å². The first-order valence-electron chi connectivity index (χ1n) is 6.90. The lowest BCUT2D eigenvalue weighted by atomic mass is 10.2. The van der Waals surface area contributed by atoms with Crippen molar-refractivity contribution in [2.24, 2.45) is 4.99 Å². The van der Waals surface area contributed by atoms with Crippen LogP contribution < -0.4 is 4.80 Å². The molecule has 0 radical (unpaired) electrons. The van der Waals surface area contributed by atoms with Crippen molar-refractivity contribution >= 4 is 34.3 Å². The van der Waals surface area contributed by atoms with Crippen LogP contribution in [0.3, 0.4) is 0 Å². The molecule has 1 heterocycles. The Bertz CT molecular complexity index is 869. The summed E-state index contributed by atoms with van der Waals surface area (Å²) in [7, 11) is 0. The summed E-state index contributed by atoms with van der Waals surface area (Å²) in [5.41, 5.74) is -3.02. The molecule has 1 aromatic carbocycles. The molecule has 0 spiro atoms. The van der Waals surface area contributed by atoms with Crippen molar-refractivity contribution in [3.05, 3.63) is 47.3 Å². The summed E-state index contributed by atoms with van der Waals surface area (Å²) in [5, 5.41) is 37.1. The Balaban J connectivity index is 2.73. The smallest absolute Gasteiger partial charge is 0.258 e. The summed E-state index contributed by atoms with van der Waals surface area (Å²) in [5.74, 6) is 0. The van der Waals surface area contributed by atoms with E-state index in [1.54, 1.807) is 0 Å². The van der Waals surface area contributed by atoms with Gasteiger partial charge in [0.2, 0.25) is 10.5 Å². The van der Waals surface area contributed by atoms with Gasteiger partial charge in [0, 0.05) is 18.1 Å². The Kier molecular flexibility index (Phi) is 5.43. The third kappa shape index (κ3) is 3.97. The van der Waals surface area contributed by atoms with Crippen molar-refractivity contribution in [3.8, 4) is 0 Å². The van der Waals surface area contributed by atoms with E-state index in [0.717, 1.165) is 24.4 Å². The van der Waals surface area contributed by atoms with E-state index in [1.807, 2.05) is 6.92 Å². The molecule has 0 bridgehead atoms. The van der Waals surface area contributed by atoms with Crippen LogP contribution in [-0.2, 0) is 6.54 Å². The molecule has 0 unspecified atom stereocenters. The first kappa shape index (κ1) is 18.1. The molecule has 13 nitrogen and oxygen atoms in total.